The zero-order chi connectivity index (χ0) is 9.19. The maximum atomic E-state index is 13.7. The molecule has 0 aromatic heterocycles. The zero-order valence-corrected chi connectivity index (χ0v) is 8.27. The van der Waals surface area contributed by atoms with Gasteiger partial charge in [0.2, 0.25) is 0 Å². The van der Waals surface area contributed by atoms with Crippen LogP contribution < -0.4 is 0 Å². The summed E-state index contributed by atoms with van der Waals surface area (Å²) in [5, 5.41) is 0. The summed E-state index contributed by atoms with van der Waals surface area (Å²) in [4.78, 5) is 0. The fourth-order valence-corrected chi connectivity index (χ4v) is 2.16. The van der Waals surface area contributed by atoms with Crippen molar-refractivity contribution in [3.05, 3.63) is 0 Å². The molecule has 1 saturated carbocycles. The van der Waals surface area contributed by atoms with Crippen molar-refractivity contribution >= 4 is 0 Å². The summed E-state index contributed by atoms with van der Waals surface area (Å²) < 4.78 is 19.0. The van der Waals surface area contributed by atoms with Crippen LogP contribution in [0, 0.1) is 5.92 Å². The van der Waals surface area contributed by atoms with Gasteiger partial charge < -0.3 is 4.74 Å². The van der Waals surface area contributed by atoms with E-state index in [1.165, 1.54) is 0 Å². The van der Waals surface area contributed by atoms with E-state index in [0.717, 1.165) is 12.8 Å². The van der Waals surface area contributed by atoms with Gasteiger partial charge >= 0.3 is 0 Å². The standard InChI is InChI=1S/C10H19FO/c1-8-4-5-9(12-3)7-10(2,11)6-8/h8-9H,4-7H2,1-3H3. The van der Waals surface area contributed by atoms with Gasteiger partial charge in [-0.2, -0.15) is 0 Å². The Morgan fingerprint density at radius 3 is 2.58 bits per heavy atom. The molecule has 1 aliphatic rings. The third kappa shape index (κ3) is 2.74. The fraction of sp³-hybridized carbons (Fsp3) is 1.00. The van der Waals surface area contributed by atoms with Crippen molar-refractivity contribution in [3.8, 4) is 0 Å². The number of halogens is 1. The molecular formula is C10H19FO. The Balaban J connectivity index is 2.56. The summed E-state index contributed by atoms with van der Waals surface area (Å²) in [6.45, 7) is 3.82. The van der Waals surface area contributed by atoms with E-state index in [9.17, 15) is 4.39 Å². The molecule has 72 valence electrons. The lowest BCUT2D eigenvalue weighted by Crippen LogP contribution is -2.24. The number of ether oxygens (including phenoxy) is 1. The van der Waals surface area contributed by atoms with Gasteiger partial charge in [-0.25, -0.2) is 4.39 Å². The molecule has 3 unspecified atom stereocenters. The first kappa shape index (κ1) is 9.97. The maximum absolute atomic E-state index is 13.7. The third-order valence-electron chi connectivity index (χ3n) is 2.74. The van der Waals surface area contributed by atoms with Crippen LogP contribution in [0.2, 0.25) is 0 Å². The van der Waals surface area contributed by atoms with Crippen molar-refractivity contribution in [3.63, 3.8) is 0 Å². The summed E-state index contributed by atoms with van der Waals surface area (Å²) in [6, 6.07) is 0. The van der Waals surface area contributed by atoms with Crippen molar-refractivity contribution in [2.45, 2.75) is 51.3 Å². The monoisotopic (exact) mass is 174 g/mol. The molecular weight excluding hydrogens is 155 g/mol. The highest BCUT2D eigenvalue weighted by molar-refractivity contribution is 4.83. The molecule has 0 bridgehead atoms. The van der Waals surface area contributed by atoms with Gasteiger partial charge in [-0.3, -0.25) is 0 Å². The lowest BCUT2D eigenvalue weighted by Gasteiger charge is -2.22. The summed E-state index contributed by atoms with van der Waals surface area (Å²) >= 11 is 0. The van der Waals surface area contributed by atoms with Crippen molar-refractivity contribution in [1.82, 2.24) is 0 Å². The van der Waals surface area contributed by atoms with E-state index in [-0.39, 0.29) is 6.10 Å². The fourth-order valence-electron chi connectivity index (χ4n) is 2.16. The summed E-state index contributed by atoms with van der Waals surface area (Å²) in [6.07, 6.45) is 3.49. The molecule has 3 atom stereocenters. The molecule has 2 heteroatoms. The predicted octanol–water partition coefficient (Wildman–Crippen LogP) is 2.94. The number of methoxy groups -OCH3 is 1. The van der Waals surface area contributed by atoms with Gasteiger partial charge in [0.05, 0.1) is 6.10 Å². The van der Waals surface area contributed by atoms with E-state index in [0.29, 0.717) is 18.8 Å². The van der Waals surface area contributed by atoms with Crippen LogP contribution in [0.1, 0.15) is 39.5 Å². The van der Waals surface area contributed by atoms with Crippen LogP contribution in [-0.4, -0.2) is 18.9 Å². The Hall–Kier alpha value is -0.110. The Morgan fingerprint density at radius 2 is 2.00 bits per heavy atom. The summed E-state index contributed by atoms with van der Waals surface area (Å²) in [5.74, 6) is 0.500. The first-order valence-corrected chi connectivity index (χ1v) is 4.75. The average Bonchev–Trinajstić information content (AvgIpc) is 2.07. The lowest BCUT2D eigenvalue weighted by molar-refractivity contribution is 0.0410. The Bertz CT molecular complexity index is 145. The molecule has 1 rings (SSSR count). The molecule has 0 aromatic rings. The van der Waals surface area contributed by atoms with E-state index < -0.39 is 5.67 Å². The molecule has 12 heavy (non-hydrogen) atoms. The molecule has 0 radical (unpaired) electrons. The van der Waals surface area contributed by atoms with Gasteiger partial charge in [0.1, 0.15) is 5.67 Å². The van der Waals surface area contributed by atoms with Gasteiger partial charge in [-0.1, -0.05) is 6.92 Å². The highest BCUT2D eigenvalue weighted by Crippen LogP contribution is 2.34. The minimum Gasteiger partial charge on any atom is -0.381 e. The molecule has 1 fully saturated rings. The lowest BCUT2D eigenvalue weighted by atomic mass is 9.93. The van der Waals surface area contributed by atoms with Crippen LogP contribution in [0.3, 0.4) is 0 Å². The second kappa shape index (κ2) is 3.73. The first-order chi connectivity index (χ1) is 5.53. The quantitative estimate of drug-likeness (QED) is 0.555. The van der Waals surface area contributed by atoms with Crippen LogP contribution in [0.4, 0.5) is 4.39 Å². The van der Waals surface area contributed by atoms with Crippen LogP contribution in [-0.2, 0) is 4.74 Å². The number of rotatable bonds is 1. The van der Waals surface area contributed by atoms with Crippen molar-refractivity contribution in [1.29, 1.82) is 0 Å². The summed E-state index contributed by atoms with van der Waals surface area (Å²) in [5.41, 5.74) is -1.02. The van der Waals surface area contributed by atoms with Gasteiger partial charge in [0.25, 0.3) is 0 Å². The minimum absolute atomic E-state index is 0.130. The molecule has 0 N–H and O–H groups in total. The van der Waals surface area contributed by atoms with E-state index in [1.54, 1.807) is 14.0 Å². The van der Waals surface area contributed by atoms with Crippen LogP contribution in [0.25, 0.3) is 0 Å². The first-order valence-electron chi connectivity index (χ1n) is 4.75. The SMILES string of the molecule is COC1CCC(C)CC(C)(F)C1. The highest BCUT2D eigenvalue weighted by Gasteiger charge is 2.32. The Labute approximate surface area is 74.3 Å². The topological polar surface area (TPSA) is 9.23 Å². The van der Waals surface area contributed by atoms with E-state index in [4.69, 9.17) is 4.74 Å². The molecule has 0 aliphatic heterocycles. The van der Waals surface area contributed by atoms with Crippen molar-refractivity contribution < 1.29 is 9.13 Å². The van der Waals surface area contributed by atoms with Crippen LogP contribution in [0.15, 0.2) is 0 Å². The van der Waals surface area contributed by atoms with Crippen molar-refractivity contribution in [2.75, 3.05) is 7.11 Å². The maximum Gasteiger partial charge on any atom is 0.111 e. The number of alkyl halides is 1. The van der Waals surface area contributed by atoms with Gasteiger partial charge in [-0.05, 0) is 32.1 Å². The van der Waals surface area contributed by atoms with Gasteiger partial charge in [0.15, 0.2) is 0 Å². The number of hydrogen-bond donors (Lipinski definition) is 0. The van der Waals surface area contributed by atoms with E-state index in [1.807, 2.05) is 0 Å². The van der Waals surface area contributed by atoms with Gasteiger partial charge in [0, 0.05) is 13.5 Å². The Morgan fingerprint density at radius 1 is 1.33 bits per heavy atom. The highest BCUT2D eigenvalue weighted by atomic mass is 19.1. The minimum atomic E-state index is -1.02. The molecule has 1 nitrogen and oxygen atoms in total. The average molecular weight is 174 g/mol. The number of hydrogen-bond acceptors (Lipinski definition) is 1. The zero-order valence-electron chi connectivity index (χ0n) is 8.27. The predicted molar refractivity (Wildman–Crippen MR) is 47.9 cm³/mol. The van der Waals surface area contributed by atoms with E-state index in [2.05, 4.69) is 6.92 Å². The second-order valence-corrected chi connectivity index (χ2v) is 4.36. The van der Waals surface area contributed by atoms with Crippen LogP contribution >= 0.6 is 0 Å². The van der Waals surface area contributed by atoms with Crippen molar-refractivity contribution in [2.24, 2.45) is 5.92 Å². The van der Waals surface area contributed by atoms with Crippen LogP contribution in [0.5, 0.6) is 0 Å². The summed E-state index contributed by atoms with van der Waals surface area (Å²) in [7, 11) is 1.68. The second-order valence-electron chi connectivity index (χ2n) is 4.36. The molecule has 0 spiro atoms. The van der Waals surface area contributed by atoms with E-state index >= 15 is 0 Å². The largest absolute Gasteiger partial charge is 0.381 e. The molecule has 1 aliphatic carbocycles. The smallest absolute Gasteiger partial charge is 0.111 e. The molecule has 0 aromatic carbocycles. The molecule has 0 saturated heterocycles. The normalized spacial score (nSPS) is 44.0. The molecule has 0 heterocycles. The Kier molecular flexibility index (Phi) is 3.10. The molecule has 0 amide bonds. The van der Waals surface area contributed by atoms with Gasteiger partial charge in [-0.15, -0.1) is 0 Å². The third-order valence-corrected chi connectivity index (χ3v) is 2.74.